The maximum atomic E-state index is 4.08. The molecule has 1 N–H and O–H groups in total. The van der Waals surface area contributed by atoms with E-state index in [0.717, 1.165) is 13.2 Å². The van der Waals surface area contributed by atoms with Gasteiger partial charge in [-0.05, 0) is 0 Å². The SMILES string of the molecule is C1CC[OH+]C1.[Li-]. The van der Waals surface area contributed by atoms with E-state index in [1.807, 2.05) is 0 Å². The molecule has 1 heterocycles. The smallest absolute Gasteiger partial charge is 0.145 e. The van der Waals surface area contributed by atoms with Crippen molar-refractivity contribution in [3.05, 3.63) is 0 Å². The summed E-state index contributed by atoms with van der Waals surface area (Å²) in [6.07, 6.45) is 2.67. The van der Waals surface area contributed by atoms with Crippen LogP contribution >= 0.6 is 0 Å². The second-order valence-corrected chi connectivity index (χ2v) is 1.38. The minimum Gasteiger partial charge on any atom is -1.00 e. The molecule has 1 rings (SSSR count). The van der Waals surface area contributed by atoms with Crippen LogP contribution in [0.25, 0.3) is 0 Å². The Bertz CT molecular complexity index is 19.1. The zero-order valence-electron chi connectivity index (χ0n) is 4.28. The predicted molar refractivity (Wildman–Crippen MR) is 26.9 cm³/mol. The van der Waals surface area contributed by atoms with E-state index in [1.165, 1.54) is 12.8 Å². The molecular formula is C4H9LiO. The molecule has 0 aromatic rings. The molecule has 0 aromatic heterocycles. The van der Waals surface area contributed by atoms with Crippen LogP contribution in [0, 0.1) is 0 Å². The molecule has 0 bridgehead atoms. The van der Waals surface area contributed by atoms with Crippen molar-refractivity contribution in [3.63, 3.8) is 0 Å². The summed E-state index contributed by atoms with van der Waals surface area (Å²) in [6.45, 7) is 2.25. The molecule has 1 aliphatic heterocycles. The van der Waals surface area contributed by atoms with Gasteiger partial charge in [0, 0.05) is 12.8 Å². The normalized spacial score (nSPS) is 20.0. The topological polar surface area (TPSA) is 12.8 Å². The van der Waals surface area contributed by atoms with Crippen molar-refractivity contribution in [2.45, 2.75) is 12.8 Å². The predicted octanol–water partition coefficient (Wildman–Crippen LogP) is -0.0726. The Morgan fingerprint density at radius 1 is 1.00 bits per heavy atom. The Morgan fingerprint density at radius 2 is 1.50 bits per heavy atom. The van der Waals surface area contributed by atoms with Crippen LogP contribution in [0.3, 0.4) is 0 Å². The van der Waals surface area contributed by atoms with Crippen LogP contribution in [0.1, 0.15) is 12.8 Å². The van der Waals surface area contributed by atoms with Crippen LogP contribution in [0.5, 0.6) is 0 Å². The van der Waals surface area contributed by atoms with Crippen LogP contribution in [-0.2, 0) is 0 Å². The molecule has 1 aliphatic rings. The number of ether oxygens (including phenoxy) is 1. The van der Waals surface area contributed by atoms with Gasteiger partial charge in [-0.3, -0.25) is 0 Å². The van der Waals surface area contributed by atoms with Gasteiger partial charge in [-0.1, -0.05) is 0 Å². The fraction of sp³-hybridized carbons (Fsp3) is 1.00. The molecule has 0 unspecified atom stereocenters. The van der Waals surface area contributed by atoms with Crippen molar-refractivity contribution in [1.82, 2.24) is 0 Å². The Kier molecular flexibility index (Phi) is 4.08. The molecule has 32 valence electrons. The Morgan fingerprint density at radius 3 is 1.67 bits per heavy atom. The third-order valence-electron chi connectivity index (χ3n) is 0.882. The quantitative estimate of drug-likeness (QED) is 0.285. The van der Waals surface area contributed by atoms with Crippen molar-refractivity contribution >= 4 is 18.9 Å². The molecule has 0 amide bonds. The molecule has 6 heavy (non-hydrogen) atoms. The van der Waals surface area contributed by atoms with Gasteiger partial charge in [-0.15, -0.1) is 0 Å². The van der Waals surface area contributed by atoms with E-state index in [1.54, 1.807) is 0 Å². The van der Waals surface area contributed by atoms with Crippen molar-refractivity contribution < 1.29 is 4.74 Å². The molecule has 0 saturated carbocycles. The van der Waals surface area contributed by atoms with E-state index >= 15 is 0 Å². The van der Waals surface area contributed by atoms with E-state index in [4.69, 9.17) is 0 Å². The van der Waals surface area contributed by atoms with E-state index in [9.17, 15) is 0 Å². The Hall–Kier alpha value is 0.557. The maximum absolute atomic E-state index is 4.08. The molecular weight excluding hydrogens is 71.0 g/mol. The van der Waals surface area contributed by atoms with Gasteiger partial charge in [0.05, 0.1) is 0 Å². The summed E-state index contributed by atoms with van der Waals surface area (Å²) in [7, 11) is 0. The van der Waals surface area contributed by atoms with Gasteiger partial charge >= 0.3 is 0 Å². The van der Waals surface area contributed by atoms with Gasteiger partial charge in [0.15, 0.2) is 0 Å². The molecule has 0 atom stereocenters. The molecule has 0 aliphatic carbocycles. The van der Waals surface area contributed by atoms with Crippen molar-refractivity contribution in [1.29, 1.82) is 0 Å². The summed E-state index contributed by atoms with van der Waals surface area (Å²) >= 11 is 0. The zero-order valence-corrected chi connectivity index (χ0v) is 4.28. The van der Waals surface area contributed by atoms with Gasteiger partial charge in [-0.2, -0.15) is 0 Å². The fourth-order valence-corrected chi connectivity index (χ4v) is 0.559. The average molecular weight is 80.1 g/mol. The number of rotatable bonds is 0. The second-order valence-electron chi connectivity index (χ2n) is 1.38. The first-order chi connectivity index (χ1) is 2.50. The maximum Gasteiger partial charge on any atom is 0.145 e. The minimum atomic E-state index is 0. The summed E-state index contributed by atoms with van der Waals surface area (Å²) in [6, 6.07) is 0. The van der Waals surface area contributed by atoms with E-state index in [0.29, 0.717) is 0 Å². The van der Waals surface area contributed by atoms with Crippen molar-refractivity contribution in [2.75, 3.05) is 13.2 Å². The second kappa shape index (κ2) is 3.74. The Labute approximate surface area is 50.2 Å². The Balaban J connectivity index is 0.000000250. The van der Waals surface area contributed by atoms with Crippen molar-refractivity contribution in [3.8, 4) is 0 Å². The summed E-state index contributed by atoms with van der Waals surface area (Å²) in [5, 5.41) is 0. The van der Waals surface area contributed by atoms with Gasteiger partial charge in [0.1, 0.15) is 13.2 Å². The first-order valence-corrected chi connectivity index (χ1v) is 2.13. The van der Waals surface area contributed by atoms with Gasteiger partial charge in [0.2, 0.25) is 0 Å². The number of aliphatic hydroxyl groups is 2. The molecule has 2 heteroatoms. The molecule has 0 spiro atoms. The zero-order chi connectivity index (χ0) is 3.54. The van der Waals surface area contributed by atoms with E-state index in [2.05, 4.69) is 4.74 Å². The summed E-state index contributed by atoms with van der Waals surface area (Å²) in [4.78, 5) is 0. The molecule has 0 aromatic carbocycles. The largest absolute Gasteiger partial charge is 1.00 e. The number of hydrogen-bond donors (Lipinski definition) is 0. The molecule has 1 fully saturated rings. The first kappa shape index (κ1) is 6.56. The molecule has 1 nitrogen and oxygen atoms in total. The summed E-state index contributed by atoms with van der Waals surface area (Å²) in [5.41, 5.74) is 0. The van der Waals surface area contributed by atoms with E-state index in [-0.39, 0.29) is 18.9 Å². The minimum absolute atomic E-state index is 0. The fourth-order valence-electron chi connectivity index (χ4n) is 0.559. The van der Waals surface area contributed by atoms with Gasteiger partial charge in [-0.25, -0.2) is 0 Å². The standard InChI is InChI=1S/C4H8O.Li/c1-2-4-5-3-1;/h1-4H2;/q;-1/p+1. The number of hydrogen-bond acceptors (Lipinski definition) is 0. The monoisotopic (exact) mass is 80.1 g/mol. The molecule has 1 saturated heterocycles. The summed E-state index contributed by atoms with van der Waals surface area (Å²) < 4.78 is 4.08. The molecule has 2 radical (unpaired) electrons. The van der Waals surface area contributed by atoms with Crippen LogP contribution in [0.15, 0.2) is 0 Å². The van der Waals surface area contributed by atoms with Crippen LogP contribution < -0.4 is 0 Å². The third kappa shape index (κ3) is 1.87. The van der Waals surface area contributed by atoms with Crippen LogP contribution in [0.4, 0.5) is 0 Å². The van der Waals surface area contributed by atoms with Crippen molar-refractivity contribution in [2.24, 2.45) is 0 Å². The van der Waals surface area contributed by atoms with Crippen LogP contribution in [-0.4, -0.2) is 36.8 Å². The average Bonchev–Trinajstić information content (AvgIpc) is 1.76. The van der Waals surface area contributed by atoms with Gasteiger partial charge in [0.25, 0.3) is 0 Å². The first-order valence-electron chi connectivity index (χ1n) is 2.13. The van der Waals surface area contributed by atoms with Crippen LogP contribution in [0.2, 0.25) is 0 Å². The van der Waals surface area contributed by atoms with Gasteiger partial charge < -0.3 is 23.6 Å². The summed E-state index contributed by atoms with van der Waals surface area (Å²) in [5.74, 6) is 0. The third-order valence-corrected chi connectivity index (χ3v) is 0.882. The van der Waals surface area contributed by atoms with E-state index < -0.39 is 0 Å².